The summed E-state index contributed by atoms with van der Waals surface area (Å²) in [5, 5.41) is 4.66. The Hall–Kier alpha value is -2.97. The zero-order valence-corrected chi connectivity index (χ0v) is 19.7. The highest BCUT2D eigenvalue weighted by Gasteiger charge is 2.32. The summed E-state index contributed by atoms with van der Waals surface area (Å²) in [6.45, 7) is 6.35. The maximum Gasteiger partial charge on any atom is 0.243 e. The van der Waals surface area contributed by atoms with Gasteiger partial charge in [-0.3, -0.25) is 9.48 Å². The van der Waals surface area contributed by atoms with Crippen LogP contribution in [0.3, 0.4) is 0 Å². The second kappa shape index (κ2) is 8.52. The normalized spacial score (nSPS) is 14.2. The van der Waals surface area contributed by atoms with E-state index in [0.29, 0.717) is 24.4 Å². The molecule has 0 N–H and O–H groups in total. The quantitative estimate of drug-likeness (QED) is 0.595. The minimum atomic E-state index is -3.63. The predicted molar refractivity (Wildman–Crippen MR) is 124 cm³/mol. The van der Waals surface area contributed by atoms with Gasteiger partial charge in [-0.05, 0) is 49.2 Å². The van der Waals surface area contributed by atoms with E-state index in [4.69, 9.17) is 0 Å². The van der Waals surface area contributed by atoms with E-state index in [1.165, 1.54) is 11.2 Å². The van der Waals surface area contributed by atoms with Gasteiger partial charge in [-0.2, -0.15) is 9.40 Å². The molecule has 0 fully saturated rings. The molecule has 1 aromatic heterocycles. The second-order valence-electron chi connectivity index (χ2n) is 8.27. The number of aromatic nitrogens is 2. The van der Waals surface area contributed by atoms with Crippen LogP contribution in [0.25, 0.3) is 0 Å². The van der Waals surface area contributed by atoms with Crippen molar-refractivity contribution >= 4 is 21.6 Å². The zero-order chi connectivity index (χ0) is 23.0. The van der Waals surface area contributed by atoms with Crippen molar-refractivity contribution in [3.8, 4) is 0 Å². The monoisotopic (exact) mass is 452 g/mol. The van der Waals surface area contributed by atoms with Gasteiger partial charge in [0.25, 0.3) is 0 Å². The summed E-state index contributed by atoms with van der Waals surface area (Å²) in [5.41, 5.74) is 5.42. The van der Waals surface area contributed by atoms with Crippen LogP contribution in [-0.4, -0.2) is 35.0 Å². The SMILES string of the molecule is CC(=O)N(Cc1nn(C)c2c1CN(S(=O)(=O)c1ccc(C)c(C)c1)CC2)c1ccccc1. The molecule has 1 aliphatic heterocycles. The Balaban J connectivity index is 1.66. The summed E-state index contributed by atoms with van der Waals surface area (Å²) in [4.78, 5) is 14.4. The number of hydrogen-bond acceptors (Lipinski definition) is 4. The third-order valence-corrected chi connectivity index (χ3v) is 8.00. The second-order valence-corrected chi connectivity index (χ2v) is 10.2. The summed E-state index contributed by atoms with van der Waals surface area (Å²) in [5.74, 6) is -0.0916. The number of amides is 1. The van der Waals surface area contributed by atoms with Gasteiger partial charge in [-0.1, -0.05) is 24.3 Å². The van der Waals surface area contributed by atoms with E-state index in [-0.39, 0.29) is 12.5 Å². The minimum absolute atomic E-state index is 0.0916. The number of nitrogens with zero attached hydrogens (tertiary/aromatic N) is 4. The molecule has 8 heteroatoms. The van der Waals surface area contributed by atoms with E-state index in [1.54, 1.807) is 17.0 Å². The Morgan fingerprint density at radius 3 is 2.47 bits per heavy atom. The molecule has 0 unspecified atom stereocenters. The Morgan fingerprint density at radius 2 is 1.81 bits per heavy atom. The van der Waals surface area contributed by atoms with Crippen molar-refractivity contribution in [2.75, 3.05) is 11.4 Å². The standard InChI is InChI=1S/C24H28N4O3S/c1-17-10-11-21(14-18(17)2)32(30,31)27-13-12-24-22(15-27)23(25-26(24)4)16-28(19(3)29)20-8-6-5-7-9-20/h5-11,14H,12-13,15-16H2,1-4H3. The molecule has 0 radical (unpaired) electrons. The summed E-state index contributed by atoms with van der Waals surface area (Å²) in [7, 11) is -1.76. The molecule has 0 saturated carbocycles. The van der Waals surface area contributed by atoms with Gasteiger partial charge in [0.15, 0.2) is 0 Å². The molecule has 168 valence electrons. The average Bonchev–Trinajstić information content (AvgIpc) is 3.09. The molecule has 3 aromatic rings. The maximum atomic E-state index is 13.4. The van der Waals surface area contributed by atoms with Gasteiger partial charge in [-0.15, -0.1) is 0 Å². The number of sulfonamides is 1. The van der Waals surface area contributed by atoms with Gasteiger partial charge >= 0.3 is 0 Å². The number of para-hydroxylation sites is 1. The number of carbonyl (C=O) groups excluding carboxylic acids is 1. The predicted octanol–water partition coefficient (Wildman–Crippen LogP) is 3.34. The van der Waals surface area contributed by atoms with Crippen LogP contribution in [0.4, 0.5) is 5.69 Å². The van der Waals surface area contributed by atoms with Crippen LogP contribution in [-0.2, 0) is 41.4 Å². The van der Waals surface area contributed by atoms with Crippen molar-refractivity contribution in [1.29, 1.82) is 0 Å². The van der Waals surface area contributed by atoms with Crippen molar-refractivity contribution in [2.24, 2.45) is 7.05 Å². The molecule has 1 amide bonds. The Kier molecular flexibility index (Phi) is 5.92. The van der Waals surface area contributed by atoms with Crippen molar-refractivity contribution in [2.45, 2.75) is 45.2 Å². The van der Waals surface area contributed by atoms with Crippen LogP contribution >= 0.6 is 0 Å². The third kappa shape index (κ3) is 4.08. The highest BCUT2D eigenvalue weighted by atomic mass is 32.2. The molecular formula is C24H28N4O3S. The molecule has 2 heterocycles. The molecule has 0 saturated heterocycles. The number of anilines is 1. The fourth-order valence-electron chi connectivity index (χ4n) is 4.14. The molecule has 0 aliphatic carbocycles. The summed E-state index contributed by atoms with van der Waals surface area (Å²) in [6, 6.07) is 14.7. The topological polar surface area (TPSA) is 75.5 Å². The van der Waals surface area contributed by atoms with Gasteiger partial charge < -0.3 is 4.90 Å². The molecule has 7 nitrogen and oxygen atoms in total. The Morgan fingerprint density at radius 1 is 1.09 bits per heavy atom. The number of benzene rings is 2. The summed E-state index contributed by atoms with van der Waals surface area (Å²) >= 11 is 0. The first-order valence-electron chi connectivity index (χ1n) is 10.6. The first-order valence-corrected chi connectivity index (χ1v) is 12.1. The number of fused-ring (bicyclic) bond motifs is 1. The fourth-order valence-corrected chi connectivity index (χ4v) is 5.64. The summed E-state index contributed by atoms with van der Waals surface area (Å²) < 4.78 is 30.1. The van der Waals surface area contributed by atoms with E-state index >= 15 is 0 Å². The van der Waals surface area contributed by atoms with E-state index in [2.05, 4.69) is 5.10 Å². The molecule has 0 bridgehead atoms. The van der Waals surface area contributed by atoms with Gasteiger partial charge in [0.2, 0.25) is 15.9 Å². The third-order valence-electron chi connectivity index (χ3n) is 6.16. The summed E-state index contributed by atoms with van der Waals surface area (Å²) in [6.07, 6.45) is 0.578. The van der Waals surface area contributed by atoms with Crippen molar-refractivity contribution in [3.05, 3.63) is 76.6 Å². The minimum Gasteiger partial charge on any atom is -0.307 e. The zero-order valence-electron chi connectivity index (χ0n) is 18.9. The smallest absolute Gasteiger partial charge is 0.243 e. The largest absolute Gasteiger partial charge is 0.307 e. The molecular weight excluding hydrogens is 424 g/mol. The molecule has 0 atom stereocenters. The van der Waals surface area contributed by atoms with Crippen molar-refractivity contribution < 1.29 is 13.2 Å². The van der Waals surface area contributed by atoms with E-state index in [9.17, 15) is 13.2 Å². The van der Waals surface area contributed by atoms with E-state index in [0.717, 1.165) is 33.8 Å². The highest BCUT2D eigenvalue weighted by Crippen LogP contribution is 2.29. The Labute approximate surface area is 189 Å². The van der Waals surface area contributed by atoms with E-state index < -0.39 is 10.0 Å². The van der Waals surface area contributed by atoms with Gasteiger partial charge in [-0.25, -0.2) is 8.42 Å². The molecule has 0 spiro atoms. The van der Waals surface area contributed by atoms with Gasteiger partial charge in [0, 0.05) is 50.4 Å². The molecule has 1 aliphatic rings. The molecule has 2 aromatic carbocycles. The lowest BCUT2D eigenvalue weighted by molar-refractivity contribution is -0.116. The number of carbonyl (C=O) groups is 1. The van der Waals surface area contributed by atoms with Crippen LogP contribution < -0.4 is 4.90 Å². The molecule has 4 rings (SSSR count). The maximum absolute atomic E-state index is 13.4. The van der Waals surface area contributed by atoms with Crippen LogP contribution in [0, 0.1) is 13.8 Å². The first kappa shape index (κ1) is 22.2. The average molecular weight is 453 g/mol. The lowest BCUT2D eigenvalue weighted by Crippen LogP contribution is -2.37. The number of aryl methyl sites for hydroxylation is 3. The fraction of sp³-hybridized carbons (Fsp3) is 0.333. The molecule has 32 heavy (non-hydrogen) atoms. The Bertz CT molecular complexity index is 1270. The van der Waals surface area contributed by atoms with Crippen molar-refractivity contribution in [3.63, 3.8) is 0 Å². The van der Waals surface area contributed by atoms with Crippen LogP contribution in [0.15, 0.2) is 53.4 Å². The number of hydrogen-bond donors (Lipinski definition) is 0. The lowest BCUT2D eigenvalue weighted by Gasteiger charge is -2.28. The van der Waals surface area contributed by atoms with Crippen molar-refractivity contribution in [1.82, 2.24) is 14.1 Å². The van der Waals surface area contributed by atoms with E-state index in [1.807, 2.05) is 62.0 Å². The van der Waals surface area contributed by atoms with Gasteiger partial charge in [0.05, 0.1) is 17.1 Å². The van der Waals surface area contributed by atoms with Crippen LogP contribution in [0.1, 0.15) is 35.0 Å². The first-order chi connectivity index (χ1) is 15.2. The van der Waals surface area contributed by atoms with Gasteiger partial charge in [0.1, 0.15) is 0 Å². The lowest BCUT2D eigenvalue weighted by atomic mass is 10.1. The highest BCUT2D eigenvalue weighted by molar-refractivity contribution is 7.89. The van der Waals surface area contributed by atoms with Crippen LogP contribution in [0.5, 0.6) is 0 Å². The van der Waals surface area contributed by atoms with Crippen LogP contribution in [0.2, 0.25) is 0 Å². The number of rotatable bonds is 5.